The van der Waals surface area contributed by atoms with Gasteiger partial charge in [0.15, 0.2) is 0 Å². The predicted molar refractivity (Wildman–Crippen MR) is 40.9 cm³/mol. The maximum atomic E-state index is 10.5. The van der Waals surface area contributed by atoms with Crippen molar-refractivity contribution < 1.29 is 9.90 Å². The minimum absolute atomic E-state index is 0.132. The van der Waals surface area contributed by atoms with Gasteiger partial charge in [0.2, 0.25) is 5.91 Å². The van der Waals surface area contributed by atoms with E-state index in [2.05, 4.69) is 0 Å². The molecular weight excluding hydrogens is 144 g/mol. The number of rotatable bonds is 3. The lowest BCUT2D eigenvalue weighted by Gasteiger charge is -2.20. The first-order valence-electron chi connectivity index (χ1n) is 3.87. The molecule has 0 spiro atoms. The van der Waals surface area contributed by atoms with Crippen LogP contribution in [0.1, 0.15) is 12.8 Å². The minimum atomic E-state index is -0.314. The predicted octanol–water partition coefficient (Wildman–Crippen LogP) is -1.07. The molecule has 0 aliphatic carbocycles. The van der Waals surface area contributed by atoms with Crippen LogP contribution in [0, 0.1) is 0 Å². The number of amides is 1. The van der Waals surface area contributed by atoms with E-state index >= 15 is 0 Å². The maximum absolute atomic E-state index is 10.5. The van der Waals surface area contributed by atoms with Gasteiger partial charge in [-0.05, 0) is 19.4 Å². The molecule has 11 heavy (non-hydrogen) atoms. The number of nitrogens with zero attached hydrogens (tertiary/aromatic N) is 1. The number of aliphatic hydroxyl groups excluding tert-OH is 1. The Morgan fingerprint density at radius 1 is 1.73 bits per heavy atom. The highest BCUT2D eigenvalue weighted by molar-refractivity contribution is 5.76. The van der Waals surface area contributed by atoms with Crippen molar-refractivity contribution in [3.63, 3.8) is 0 Å². The third kappa shape index (κ3) is 2.17. The molecule has 1 aliphatic rings. The van der Waals surface area contributed by atoms with Crippen LogP contribution in [0.4, 0.5) is 0 Å². The van der Waals surface area contributed by atoms with Gasteiger partial charge in [-0.15, -0.1) is 0 Å². The van der Waals surface area contributed by atoms with Gasteiger partial charge in [0, 0.05) is 6.04 Å². The molecule has 64 valence electrons. The first-order chi connectivity index (χ1) is 5.24. The summed E-state index contributed by atoms with van der Waals surface area (Å²) in [4.78, 5) is 12.4. The second-order valence-electron chi connectivity index (χ2n) is 2.92. The Labute approximate surface area is 66.0 Å². The van der Waals surface area contributed by atoms with Crippen LogP contribution in [-0.2, 0) is 4.79 Å². The van der Waals surface area contributed by atoms with Crippen molar-refractivity contribution in [3.05, 3.63) is 0 Å². The van der Waals surface area contributed by atoms with Gasteiger partial charge >= 0.3 is 0 Å². The standard InChI is InChI=1S/C7H14N2O2/c8-7(11)4-9-3-1-2-6(9)5-10/h6,10H,1-5H2,(H2,8,11)/t6-/m1/s1. The normalized spacial score (nSPS) is 25.7. The lowest BCUT2D eigenvalue weighted by atomic mass is 10.2. The van der Waals surface area contributed by atoms with Crippen molar-refractivity contribution in [2.24, 2.45) is 5.73 Å². The number of carbonyl (C=O) groups excluding carboxylic acids is 1. The molecule has 4 nitrogen and oxygen atoms in total. The highest BCUT2D eigenvalue weighted by Gasteiger charge is 2.24. The number of carbonyl (C=O) groups is 1. The van der Waals surface area contributed by atoms with Crippen LogP contribution in [0.5, 0.6) is 0 Å². The summed E-state index contributed by atoms with van der Waals surface area (Å²) in [6, 6.07) is 0.155. The van der Waals surface area contributed by atoms with E-state index in [9.17, 15) is 4.79 Å². The van der Waals surface area contributed by atoms with Crippen molar-refractivity contribution in [1.82, 2.24) is 4.90 Å². The molecule has 0 aromatic carbocycles. The molecule has 1 amide bonds. The minimum Gasteiger partial charge on any atom is -0.395 e. The molecule has 1 saturated heterocycles. The van der Waals surface area contributed by atoms with Gasteiger partial charge in [-0.25, -0.2) is 0 Å². The highest BCUT2D eigenvalue weighted by atomic mass is 16.3. The molecule has 0 bridgehead atoms. The van der Waals surface area contributed by atoms with Crippen molar-refractivity contribution in [2.45, 2.75) is 18.9 Å². The number of hydrogen-bond acceptors (Lipinski definition) is 3. The molecule has 1 rings (SSSR count). The van der Waals surface area contributed by atoms with E-state index in [-0.39, 0.29) is 25.1 Å². The van der Waals surface area contributed by atoms with Crippen LogP contribution >= 0.6 is 0 Å². The molecule has 1 fully saturated rings. The zero-order chi connectivity index (χ0) is 8.27. The lowest BCUT2D eigenvalue weighted by Crippen LogP contribution is -2.38. The van der Waals surface area contributed by atoms with E-state index < -0.39 is 0 Å². The Bertz CT molecular complexity index is 149. The number of aliphatic hydroxyl groups is 1. The summed E-state index contributed by atoms with van der Waals surface area (Å²) in [7, 11) is 0. The zero-order valence-corrected chi connectivity index (χ0v) is 6.49. The molecule has 3 N–H and O–H groups in total. The van der Waals surface area contributed by atoms with Crippen LogP contribution in [0.25, 0.3) is 0 Å². The van der Waals surface area contributed by atoms with E-state index in [1.807, 2.05) is 4.90 Å². The number of hydrogen-bond donors (Lipinski definition) is 2. The smallest absolute Gasteiger partial charge is 0.231 e. The monoisotopic (exact) mass is 158 g/mol. The quantitative estimate of drug-likeness (QED) is 0.549. The van der Waals surface area contributed by atoms with Crippen LogP contribution in [0.15, 0.2) is 0 Å². The summed E-state index contributed by atoms with van der Waals surface area (Å²) in [5.41, 5.74) is 5.03. The fourth-order valence-corrected chi connectivity index (χ4v) is 1.51. The first-order valence-corrected chi connectivity index (χ1v) is 3.87. The van der Waals surface area contributed by atoms with Gasteiger partial charge in [0.25, 0.3) is 0 Å². The second kappa shape index (κ2) is 3.69. The van der Waals surface area contributed by atoms with Crippen LogP contribution in [0.3, 0.4) is 0 Å². The third-order valence-corrected chi connectivity index (χ3v) is 2.07. The number of nitrogens with two attached hydrogens (primary N) is 1. The third-order valence-electron chi connectivity index (χ3n) is 2.07. The summed E-state index contributed by atoms with van der Waals surface area (Å²) in [5.74, 6) is -0.314. The van der Waals surface area contributed by atoms with E-state index in [1.165, 1.54) is 0 Å². The van der Waals surface area contributed by atoms with Crippen molar-refractivity contribution >= 4 is 5.91 Å². The lowest BCUT2D eigenvalue weighted by molar-refractivity contribution is -0.119. The SMILES string of the molecule is NC(=O)CN1CCC[C@@H]1CO. The van der Waals surface area contributed by atoms with Gasteiger partial charge in [0.1, 0.15) is 0 Å². The van der Waals surface area contributed by atoms with E-state index in [0.717, 1.165) is 19.4 Å². The summed E-state index contributed by atoms with van der Waals surface area (Å²) >= 11 is 0. The van der Waals surface area contributed by atoms with Crippen molar-refractivity contribution in [3.8, 4) is 0 Å². The summed E-state index contributed by atoms with van der Waals surface area (Å²) in [6.45, 7) is 1.30. The Morgan fingerprint density at radius 2 is 2.45 bits per heavy atom. The molecule has 0 aromatic heterocycles. The van der Waals surface area contributed by atoms with Gasteiger partial charge in [-0.1, -0.05) is 0 Å². The summed E-state index contributed by atoms with van der Waals surface area (Å²) < 4.78 is 0. The highest BCUT2D eigenvalue weighted by Crippen LogP contribution is 2.15. The molecule has 1 atom stereocenters. The van der Waals surface area contributed by atoms with Gasteiger partial charge in [-0.2, -0.15) is 0 Å². The Balaban J connectivity index is 2.37. The Hall–Kier alpha value is -0.610. The zero-order valence-electron chi connectivity index (χ0n) is 6.49. The molecule has 0 radical (unpaired) electrons. The fourth-order valence-electron chi connectivity index (χ4n) is 1.51. The fraction of sp³-hybridized carbons (Fsp3) is 0.857. The Morgan fingerprint density at radius 3 is 3.00 bits per heavy atom. The van der Waals surface area contributed by atoms with Gasteiger partial charge in [0.05, 0.1) is 13.2 Å². The summed E-state index contributed by atoms with van der Waals surface area (Å²) in [6.07, 6.45) is 2.03. The molecular formula is C7H14N2O2. The van der Waals surface area contributed by atoms with E-state index in [1.54, 1.807) is 0 Å². The van der Waals surface area contributed by atoms with Crippen LogP contribution in [-0.4, -0.2) is 41.7 Å². The molecule has 1 heterocycles. The number of likely N-dealkylation sites (tertiary alicyclic amines) is 1. The maximum Gasteiger partial charge on any atom is 0.231 e. The topological polar surface area (TPSA) is 66.6 Å². The Kier molecular flexibility index (Phi) is 2.84. The van der Waals surface area contributed by atoms with Crippen LogP contribution < -0.4 is 5.73 Å². The largest absolute Gasteiger partial charge is 0.395 e. The van der Waals surface area contributed by atoms with E-state index in [4.69, 9.17) is 10.8 Å². The average Bonchev–Trinajstić information content (AvgIpc) is 2.34. The first kappa shape index (κ1) is 8.49. The molecule has 4 heteroatoms. The van der Waals surface area contributed by atoms with E-state index in [0.29, 0.717) is 0 Å². The summed E-state index contributed by atoms with van der Waals surface area (Å²) in [5, 5.41) is 8.86. The van der Waals surface area contributed by atoms with Crippen molar-refractivity contribution in [2.75, 3.05) is 19.7 Å². The molecule has 0 unspecified atom stereocenters. The van der Waals surface area contributed by atoms with Gasteiger partial charge < -0.3 is 10.8 Å². The number of primary amides is 1. The second-order valence-corrected chi connectivity index (χ2v) is 2.92. The molecule has 0 aromatic rings. The van der Waals surface area contributed by atoms with Crippen molar-refractivity contribution in [1.29, 1.82) is 0 Å². The molecule has 0 saturated carbocycles. The average molecular weight is 158 g/mol. The van der Waals surface area contributed by atoms with Gasteiger partial charge in [-0.3, -0.25) is 9.69 Å². The van der Waals surface area contributed by atoms with Crippen LogP contribution in [0.2, 0.25) is 0 Å². The molecule has 1 aliphatic heterocycles.